The summed E-state index contributed by atoms with van der Waals surface area (Å²) in [6.45, 7) is 4.05. The number of benzene rings is 1. The number of nitrogens with zero attached hydrogens (tertiary/aromatic N) is 5. The van der Waals surface area contributed by atoms with Gasteiger partial charge in [-0.3, -0.25) is 18.7 Å². The van der Waals surface area contributed by atoms with Crippen LogP contribution in [0.3, 0.4) is 0 Å². The van der Waals surface area contributed by atoms with Gasteiger partial charge in [-0.2, -0.15) is 18.3 Å². The molecule has 2 aliphatic rings. The second-order valence-corrected chi connectivity index (χ2v) is 11.5. The Morgan fingerprint density at radius 3 is 2.57 bits per heavy atom. The molecule has 4 N–H and O–H groups in total. The van der Waals surface area contributed by atoms with Crippen LogP contribution < -0.4 is 21.3 Å². The molecule has 1 saturated carbocycles. The van der Waals surface area contributed by atoms with Gasteiger partial charge in [0.15, 0.2) is 17.2 Å². The van der Waals surface area contributed by atoms with E-state index in [0.717, 1.165) is 31.5 Å². The highest BCUT2D eigenvalue weighted by molar-refractivity contribution is 5.96. The van der Waals surface area contributed by atoms with Crippen molar-refractivity contribution in [3.05, 3.63) is 59.6 Å². The molecule has 0 bridgehead atoms. The van der Waals surface area contributed by atoms with E-state index in [2.05, 4.69) is 36.3 Å². The lowest BCUT2D eigenvalue weighted by atomic mass is 10.1. The average molecular weight is 650 g/mol. The van der Waals surface area contributed by atoms with Crippen LogP contribution >= 0.6 is 0 Å². The minimum absolute atomic E-state index is 0.00732. The van der Waals surface area contributed by atoms with E-state index in [1.807, 2.05) is 0 Å². The van der Waals surface area contributed by atoms with Crippen molar-refractivity contribution in [1.82, 2.24) is 40.1 Å². The number of piperidine rings is 1. The summed E-state index contributed by atoms with van der Waals surface area (Å²) in [5, 5.41) is 15.0. The smallest absolute Gasteiger partial charge is 0.354 e. The first-order valence-corrected chi connectivity index (χ1v) is 14.4. The lowest BCUT2D eigenvalue weighted by molar-refractivity contribution is -0.141. The molecule has 4 aromatic rings. The molecule has 6 rings (SSSR count). The van der Waals surface area contributed by atoms with Gasteiger partial charge >= 0.3 is 6.18 Å². The van der Waals surface area contributed by atoms with Gasteiger partial charge in [-0.1, -0.05) is 0 Å². The molecule has 1 aliphatic heterocycles. The summed E-state index contributed by atoms with van der Waals surface area (Å²) >= 11 is 0. The zero-order valence-corrected chi connectivity index (χ0v) is 24.5. The summed E-state index contributed by atoms with van der Waals surface area (Å²) in [6, 6.07) is 2.09. The maximum absolute atomic E-state index is 15.3. The molecule has 4 atom stereocenters. The molecular weight excluding hydrogens is 620 g/mol. The van der Waals surface area contributed by atoms with Crippen LogP contribution in [0.25, 0.3) is 16.9 Å². The summed E-state index contributed by atoms with van der Waals surface area (Å²) in [7, 11) is 0. The van der Waals surface area contributed by atoms with Crippen molar-refractivity contribution in [1.29, 1.82) is 0 Å². The van der Waals surface area contributed by atoms with Crippen LogP contribution in [0.1, 0.15) is 28.5 Å². The van der Waals surface area contributed by atoms with Gasteiger partial charge in [0.2, 0.25) is 5.91 Å². The fraction of sp³-hybridized carbons (Fsp3) is 0.414. The largest absolute Gasteiger partial charge is 0.435 e. The fourth-order valence-electron chi connectivity index (χ4n) is 6.03. The van der Waals surface area contributed by atoms with Crippen molar-refractivity contribution in [2.75, 3.05) is 25.0 Å². The van der Waals surface area contributed by atoms with Crippen LogP contribution in [0.5, 0.6) is 0 Å². The number of imidazole rings is 1. The van der Waals surface area contributed by atoms with Gasteiger partial charge in [-0.05, 0) is 56.5 Å². The van der Waals surface area contributed by atoms with Crippen molar-refractivity contribution < 1.29 is 35.9 Å². The van der Waals surface area contributed by atoms with Crippen molar-refractivity contribution in [3.8, 4) is 11.3 Å². The Kier molecular flexibility index (Phi) is 8.12. The molecule has 46 heavy (non-hydrogen) atoms. The second-order valence-electron chi connectivity index (χ2n) is 11.5. The van der Waals surface area contributed by atoms with Crippen molar-refractivity contribution in [2.45, 2.75) is 39.0 Å². The van der Waals surface area contributed by atoms with E-state index in [0.29, 0.717) is 16.5 Å². The third-order valence-corrected chi connectivity index (χ3v) is 8.19. The maximum Gasteiger partial charge on any atom is 0.435 e. The SMILES string of the molecule is Cc1cc(Nc2nccn3c(-c4cn(CC(F)F)nc4C(F)(F)F)cnc23)cc(F)c1C(=O)NC(C)CNC(=O)C1[C@H]2CNC[C@@H]12. The Hall–Kier alpha value is -4.67. The van der Waals surface area contributed by atoms with Crippen LogP contribution in [-0.2, 0) is 17.5 Å². The fourth-order valence-corrected chi connectivity index (χ4v) is 6.03. The van der Waals surface area contributed by atoms with Gasteiger partial charge in [-0.15, -0.1) is 0 Å². The number of nitrogens with one attached hydrogen (secondary N) is 4. The number of rotatable bonds is 10. The number of fused-ring (bicyclic) bond motifs is 2. The number of halogens is 6. The molecule has 2 unspecified atom stereocenters. The summed E-state index contributed by atoms with van der Waals surface area (Å²) in [4.78, 5) is 33.7. The van der Waals surface area contributed by atoms with E-state index in [-0.39, 0.29) is 52.3 Å². The number of alkyl halides is 5. The zero-order valence-electron chi connectivity index (χ0n) is 24.5. The minimum Gasteiger partial charge on any atom is -0.354 e. The zero-order chi connectivity index (χ0) is 32.9. The topological polar surface area (TPSA) is 130 Å². The Balaban J connectivity index is 1.17. The van der Waals surface area contributed by atoms with Gasteiger partial charge in [-0.25, -0.2) is 23.1 Å². The van der Waals surface area contributed by atoms with Crippen LogP contribution in [0.4, 0.5) is 37.8 Å². The van der Waals surface area contributed by atoms with E-state index in [9.17, 15) is 31.5 Å². The molecular formula is C29H29F6N9O2. The van der Waals surface area contributed by atoms with Crippen LogP contribution in [0, 0.1) is 30.5 Å². The van der Waals surface area contributed by atoms with E-state index < -0.39 is 48.2 Å². The molecule has 2 fully saturated rings. The molecule has 0 spiro atoms. The van der Waals surface area contributed by atoms with Gasteiger partial charge in [0, 0.05) is 42.8 Å². The Morgan fingerprint density at radius 1 is 1.15 bits per heavy atom. The number of aromatic nitrogens is 5. The van der Waals surface area contributed by atoms with E-state index in [1.165, 1.54) is 29.8 Å². The quantitative estimate of drug-likeness (QED) is 0.193. The number of anilines is 2. The number of aryl methyl sites for hydroxylation is 1. The minimum atomic E-state index is -4.93. The molecule has 2 amide bonds. The van der Waals surface area contributed by atoms with Crippen molar-refractivity contribution in [3.63, 3.8) is 0 Å². The molecule has 244 valence electrons. The number of carbonyl (C=O) groups is 2. The van der Waals surface area contributed by atoms with E-state index >= 15 is 4.39 Å². The van der Waals surface area contributed by atoms with Gasteiger partial charge in [0.1, 0.15) is 12.4 Å². The van der Waals surface area contributed by atoms with Crippen molar-refractivity contribution in [2.24, 2.45) is 17.8 Å². The highest BCUT2D eigenvalue weighted by Gasteiger charge is 2.56. The monoisotopic (exact) mass is 649 g/mol. The summed E-state index contributed by atoms with van der Waals surface area (Å²) in [6.07, 6.45) is -3.24. The predicted octanol–water partition coefficient (Wildman–Crippen LogP) is 3.77. The van der Waals surface area contributed by atoms with Gasteiger partial charge in [0.05, 0.1) is 23.0 Å². The molecule has 3 aromatic heterocycles. The normalized spacial score (nSPS) is 19.7. The maximum atomic E-state index is 15.3. The first kappa shape index (κ1) is 31.3. The Bertz CT molecular complexity index is 1770. The van der Waals surface area contributed by atoms with Crippen LogP contribution in [0.15, 0.2) is 36.9 Å². The lowest BCUT2D eigenvalue weighted by Gasteiger charge is -2.17. The first-order valence-electron chi connectivity index (χ1n) is 14.4. The molecule has 0 radical (unpaired) electrons. The summed E-state index contributed by atoms with van der Waals surface area (Å²) in [5.41, 5.74) is -1.56. The van der Waals surface area contributed by atoms with Crippen LogP contribution in [-0.4, -0.2) is 68.1 Å². The summed E-state index contributed by atoms with van der Waals surface area (Å²) < 4.78 is 84.0. The number of hydrogen-bond acceptors (Lipinski definition) is 7. The highest BCUT2D eigenvalue weighted by Crippen LogP contribution is 2.48. The second kappa shape index (κ2) is 11.9. The number of hydrogen-bond donors (Lipinski definition) is 4. The standard InChI is InChI=1S/C29H29F6N9O2/c1-13-5-15(6-19(30)22(13)28(46)40-14(2)7-39-27(45)23-16-8-36-9-17(16)23)41-25-26-38-10-20(44(26)4-3-37-25)18-11-43(12-21(31)32)42-24(18)29(33,34)35/h3-6,10-11,14,16-17,21,23,36H,7-9,12H2,1-2H3,(H,37,41)(H,39,45)(H,40,46)/t14?,16-,17+,23?. The highest BCUT2D eigenvalue weighted by atomic mass is 19.4. The van der Waals surface area contributed by atoms with Crippen LogP contribution in [0.2, 0.25) is 0 Å². The molecule has 11 nitrogen and oxygen atoms in total. The van der Waals surface area contributed by atoms with Gasteiger partial charge < -0.3 is 21.3 Å². The first-order chi connectivity index (χ1) is 21.8. The Morgan fingerprint density at radius 2 is 1.89 bits per heavy atom. The molecule has 1 aromatic carbocycles. The third-order valence-electron chi connectivity index (χ3n) is 8.19. The molecule has 1 saturated heterocycles. The molecule has 17 heteroatoms. The Labute approximate surface area is 257 Å². The van der Waals surface area contributed by atoms with Crippen molar-refractivity contribution >= 4 is 29.0 Å². The number of carbonyl (C=O) groups excluding carboxylic acids is 2. The predicted molar refractivity (Wildman–Crippen MR) is 153 cm³/mol. The molecule has 1 aliphatic carbocycles. The molecule has 4 heterocycles. The summed E-state index contributed by atoms with van der Waals surface area (Å²) in [5.74, 6) is -0.789. The average Bonchev–Trinajstić information content (AvgIpc) is 3.37. The lowest BCUT2D eigenvalue weighted by Crippen LogP contribution is -2.43. The van der Waals surface area contributed by atoms with E-state index in [4.69, 9.17) is 0 Å². The van der Waals surface area contributed by atoms with Gasteiger partial charge in [0.25, 0.3) is 12.3 Å². The third kappa shape index (κ3) is 6.10. The van der Waals surface area contributed by atoms with E-state index in [1.54, 1.807) is 6.92 Å². The number of amides is 2.